The first-order valence-corrected chi connectivity index (χ1v) is 7.43. The molecule has 0 saturated heterocycles. The Bertz CT molecular complexity index is 604. The first-order chi connectivity index (χ1) is 9.22. The van der Waals surface area contributed by atoms with Crippen molar-refractivity contribution in [3.05, 3.63) is 23.8 Å². The third kappa shape index (κ3) is 3.04. The molecule has 3 rings (SSSR count). The van der Waals surface area contributed by atoms with Gasteiger partial charge in [-0.15, -0.1) is 0 Å². The highest BCUT2D eigenvalue weighted by molar-refractivity contribution is 7.22. The highest BCUT2D eigenvalue weighted by atomic mass is 32.1. The fraction of sp³-hybridized carbons (Fsp3) is 0.429. The summed E-state index contributed by atoms with van der Waals surface area (Å²) < 4.78 is 1.19. The molecule has 1 aliphatic rings. The molecule has 0 bridgehead atoms. The van der Waals surface area contributed by atoms with E-state index in [9.17, 15) is 4.79 Å². The van der Waals surface area contributed by atoms with Crippen LogP contribution in [0.1, 0.15) is 24.8 Å². The van der Waals surface area contributed by atoms with Crippen molar-refractivity contribution in [2.45, 2.75) is 32.2 Å². The van der Waals surface area contributed by atoms with E-state index in [4.69, 9.17) is 0 Å². The lowest BCUT2D eigenvalue weighted by Crippen LogP contribution is -2.27. The molecule has 100 valence electrons. The van der Waals surface area contributed by atoms with Gasteiger partial charge in [-0.2, -0.15) is 0 Å². The summed E-state index contributed by atoms with van der Waals surface area (Å²) in [6.45, 7) is 2.70. The van der Waals surface area contributed by atoms with E-state index in [1.807, 2.05) is 6.07 Å². The maximum absolute atomic E-state index is 11.5. The van der Waals surface area contributed by atoms with E-state index >= 15 is 0 Å². The predicted molar refractivity (Wildman–Crippen MR) is 78.6 cm³/mol. The predicted octanol–water partition coefficient (Wildman–Crippen LogP) is 2.69. The smallest absolute Gasteiger partial charge is 0.221 e. The van der Waals surface area contributed by atoms with E-state index < -0.39 is 0 Å². The van der Waals surface area contributed by atoms with Gasteiger partial charge in [-0.25, -0.2) is 4.98 Å². The zero-order chi connectivity index (χ0) is 13.2. The van der Waals surface area contributed by atoms with E-state index in [2.05, 4.69) is 34.7 Å². The van der Waals surface area contributed by atoms with Gasteiger partial charge in [0.05, 0.1) is 10.2 Å². The number of para-hydroxylation sites is 1. The second kappa shape index (κ2) is 5.17. The molecular formula is C14H17N3OS. The van der Waals surface area contributed by atoms with Crippen molar-refractivity contribution in [1.29, 1.82) is 0 Å². The average molecular weight is 275 g/mol. The second-order valence-corrected chi connectivity index (χ2v) is 5.99. The number of rotatable bonds is 5. The lowest BCUT2D eigenvalue weighted by atomic mass is 10.2. The van der Waals surface area contributed by atoms with Crippen LogP contribution in [-0.4, -0.2) is 23.5 Å². The molecule has 0 aliphatic heterocycles. The van der Waals surface area contributed by atoms with Gasteiger partial charge < -0.3 is 10.6 Å². The molecule has 1 aromatic heterocycles. The van der Waals surface area contributed by atoms with Gasteiger partial charge in [0.2, 0.25) is 5.91 Å². The Morgan fingerprint density at radius 2 is 2.32 bits per heavy atom. The van der Waals surface area contributed by atoms with Crippen molar-refractivity contribution in [3.63, 3.8) is 0 Å². The van der Waals surface area contributed by atoms with Gasteiger partial charge in [-0.05, 0) is 31.4 Å². The number of benzene rings is 1. The van der Waals surface area contributed by atoms with Crippen LogP contribution in [0.3, 0.4) is 0 Å². The van der Waals surface area contributed by atoms with Gasteiger partial charge in [0.1, 0.15) is 0 Å². The summed E-state index contributed by atoms with van der Waals surface area (Å²) in [5.74, 6) is 0.132. The minimum Gasteiger partial charge on any atom is -0.361 e. The molecule has 1 heterocycles. The Kier molecular flexibility index (Phi) is 3.38. The first-order valence-electron chi connectivity index (χ1n) is 6.62. The lowest BCUT2D eigenvalue weighted by molar-refractivity contribution is -0.120. The highest BCUT2D eigenvalue weighted by Gasteiger charge is 2.22. The standard InChI is InChI=1S/C14H17N3OS/c1-9-3-2-4-11-13(9)17-14(19-11)15-8-7-12(18)16-10-5-6-10/h2-4,10H,5-8H2,1H3,(H,15,17)(H,16,18). The molecule has 1 amide bonds. The zero-order valence-corrected chi connectivity index (χ0v) is 11.7. The van der Waals surface area contributed by atoms with Crippen LogP contribution < -0.4 is 10.6 Å². The maximum atomic E-state index is 11.5. The summed E-state index contributed by atoms with van der Waals surface area (Å²) in [4.78, 5) is 16.1. The topological polar surface area (TPSA) is 54.0 Å². The molecule has 0 radical (unpaired) electrons. The van der Waals surface area contributed by atoms with E-state index in [1.165, 1.54) is 10.3 Å². The summed E-state index contributed by atoms with van der Waals surface area (Å²) in [5, 5.41) is 7.10. The number of nitrogens with zero attached hydrogens (tertiary/aromatic N) is 1. The molecule has 0 atom stereocenters. The molecule has 1 aliphatic carbocycles. The molecule has 2 aromatic rings. The van der Waals surface area contributed by atoms with Gasteiger partial charge in [-0.3, -0.25) is 4.79 Å². The summed E-state index contributed by atoms with van der Waals surface area (Å²) in [6, 6.07) is 6.63. The second-order valence-electron chi connectivity index (χ2n) is 4.96. The van der Waals surface area contributed by atoms with Crippen LogP contribution in [0.15, 0.2) is 18.2 Å². The average Bonchev–Trinajstić information content (AvgIpc) is 3.07. The Labute approximate surface area is 116 Å². The van der Waals surface area contributed by atoms with Crippen LogP contribution in [0.4, 0.5) is 5.13 Å². The third-order valence-electron chi connectivity index (χ3n) is 3.19. The molecule has 2 N–H and O–H groups in total. The Balaban J connectivity index is 1.56. The van der Waals surface area contributed by atoms with Crippen molar-refractivity contribution < 1.29 is 4.79 Å². The van der Waals surface area contributed by atoms with E-state index in [0.29, 0.717) is 19.0 Å². The van der Waals surface area contributed by atoms with Crippen LogP contribution >= 0.6 is 11.3 Å². The van der Waals surface area contributed by atoms with Crippen molar-refractivity contribution in [2.24, 2.45) is 0 Å². The SMILES string of the molecule is Cc1cccc2sc(NCCC(=O)NC3CC3)nc12. The number of carbonyl (C=O) groups excluding carboxylic acids is 1. The Hall–Kier alpha value is -1.62. The van der Waals surface area contributed by atoms with Gasteiger partial charge in [0.25, 0.3) is 0 Å². The number of nitrogens with one attached hydrogen (secondary N) is 2. The number of aromatic nitrogens is 1. The first kappa shape index (κ1) is 12.4. The molecule has 19 heavy (non-hydrogen) atoms. The molecule has 5 heteroatoms. The molecule has 1 saturated carbocycles. The Morgan fingerprint density at radius 1 is 1.47 bits per heavy atom. The van der Waals surface area contributed by atoms with Crippen LogP contribution in [0.5, 0.6) is 0 Å². The molecule has 1 aromatic carbocycles. The Morgan fingerprint density at radius 3 is 3.05 bits per heavy atom. The van der Waals surface area contributed by atoms with E-state index in [0.717, 1.165) is 23.5 Å². The van der Waals surface area contributed by atoms with Crippen molar-refractivity contribution in [2.75, 3.05) is 11.9 Å². The van der Waals surface area contributed by atoms with Crippen LogP contribution in [-0.2, 0) is 4.79 Å². The molecule has 4 nitrogen and oxygen atoms in total. The van der Waals surface area contributed by atoms with Gasteiger partial charge in [0, 0.05) is 19.0 Å². The fourth-order valence-corrected chi connectivity index (χ4v) is 2.94. The van der Waals surface area contributed by atoms with Crippen LogP contribution in [0.2, 0.25) is 0 Å². The number of thiazole rings is 1. The van der Waals surface area contributed by atoms with E-state index in [1.54, 1.807) is 11.3 Å². The van der Waals surface area contributed by atoms with Crippen LogP contribution in [0.25, 0.3) is 10.2 Å². The van der Waals surface area contributed by atoms with Crippen molar-refractivity contribution in [1.82, 2.24) is 10.3 Å². The number of amides is 1. The highest BCUT2D eigenvalue weighted by Crippen LogP contribution is 2.27. The van der Waals surface area contributed by atoms with Gasteiger partial charge in [-0.1, -0.05) is 23.5 Å². The monoisotopic (exact) mass is 275 g/mol. The number of aryl methyl sites for hydroxylation is 1. The number of hydrogen-bond acceptors (Lipinski definition) is 4. The molecule has 0 spiro atoms. The summed E-state index contributed by atoms with van der Waals surface area (Å²) >= 11 is 1.64. The number of fused-ring (bicyclic) bond motifs is 1. The van der Waals surface area contributed by atoms with Crippen molar-refractivity contribution in [3.8, 4) is 0 Å². The molecule has 0 unspecified atom stereocenters. The third-order valence-corrected chi connectivity index (χ3v) is 4.17. The fourth-order valence-electron chi connectivity index (χ4n) is 1.97. The number of carbonyl (C=O) groups is 1. The summed E-state index contributed by atoms with van der Waals surface area (Å²) in [5.41, 5.74) is 2.24. The minimum absolute atomic E-state index is 0.132. The van der Waals surface area contributed by atoms with Crippen molar-refractivity contribution >= 4 is 32.6 Å². The largest absolute Gasteiger partial charge is 0.361 e. The molecule has 1 fully saturated rings. The lowest BCUT2D eigenvalue weighted by Gasteiger charge is -2.03. The number of hydrogen-bond donors (Lipinski definition) is 2. The number of anilines is 1. The van der Waals surface area contributed by atoms with Crippen LogP contribution in [0, 0.1) is 6.92 Å². The zero-order valence-electron chi connectivity index (χ0n) is 10.9. The minimum atomic E-state index is 0.132. The summed E-state index contributed by atoms with van der Waals surface area (Å²) in [6.07, 6.45) is 2.78. The van der Waals surface area contributed by atoms with Gasteiger partial charge >= 0.3 is 0 Å². The maximum Gasteiger partial charge on any atom is 0.221 e. The van der Waals surface area contributed by atoms with E-state index in [-0.39, 0.29) is 5.91 Å². The molecular weight excluding hydrogens is 258 g/mol. The normalized spacial score (nSPS) is 14.6. The summed E-state index contributed by atoms with van der Waals surface area (Å²) in [7, 11) is 0. The van der Waals surface area contributed by atoms with Gasteiger partial charge in [0.15, 0.2) is 5.13 Å². The quantitative estimate of drug-likeness (QED) is 0.882.